The zero-order valence-corrected chi connectivity index (χ0v) is 7.20. The molecule has 6 heteroatoms. The first kappa shape index (κ1) is 11.4. The Labute approximate surface area is 74.8 Å². The topological polar surface area (TPSA) is 92.7 Å². The van der Waals surface area contributed by atoms with Crippen LogP contribution in [-0.4, -0.2) is 23.0 Å². The summed E-state index contributed by atoms with van der Waals surface area (Å²) in [6.45, 7) is 1.60. The van der Waals surface area contributed by atoms with Gasteiger partial charge in [0.15, 0.2) is 0 Å². The van der Waals surface area contributed by atoms with Gasteiger partial charge >= 0.3 is 11.9 Å². The largest absolute Gasteiger partial charge is 0.481 e. The molecule has 0 aliphatic carbocycles. The lowest BCUT2D eigenvalue weighted by molar-refractivity contribution is -0.159. The molecule has 0 aromatic carbocycles. The SMILES string of the molecule is CCC(=O)NOC(=O)CCC(=O)O. The fourth-order valence-corrected chi connectivity index (χ4v) is 0.446. The molecule has 0 aliphatic heterocycles. The minimum Gasteiger partial charge on any atom is -0.481 e. The van der Waals surface area contributed by atoms with E-state index in [1.165, 1.54) is 0 Å². The second-order valence-corrected chi connectivity index (χ2v) is 2.25. The lowest BCUT2D eigenvalue weighted by Crippen LogP contribution is -2.26. The normalized spacial score (nSPS) is 9.00. The monoisotopic (exact) mass is 189 g/mol. The Morgan fingerprint density at radius 3 is 2.38 bits per heavy atom. The lowest BCUT2D eigenvalue weighted by Gasteiger charge is -2.02. The van der Waals surface area contributed by atoms with Crippen LogP contribution >= 0.6 is 0 Å². The van der Waals surface area contributed by atoms with Gasteiger partial charge in [-0.3, -0.25) is 9.59 Å². The minimum atomic E-state index is -1.08. The molecule has 0 fully saturated rings. The van der Waals surface area contributed by atoms with Crippen molar-refractivity contribution in [1.82, 2.24) is 5.48 Å². The van der Waals surface area contributed by atoms with Crippen molar-refractivity contribution in [3.8, 4) is 0 Å². The highest BCUT2D eigenvalue weighted by Gasteiger charge is 2.07. The van der Waals surface area contributed by atoms with Crippen molar-refractivity contribution in [2.75, 3.05) is 0 Å². The summed E-state index contributed by atoms with van der Waals surface area (Å²) in [7, 11) is 0. The fraction of sp³-hybridized carbons (Fsp3) is 0.571. The van der Waals surface area contributed by atoms with Gasteiger partial charge in [-0.05, 0) is 0 Å². The molecule has 74 valence electrons. The molecule has 0 aromatic heterocycles. The average Bonchev–Trinajstić information content (AvgIpc) is 2.10. The first-order valence-electron chi connectivity index (χ1n) is 3.76. The Hall–Kier alpha value is -1.59. The Bertz CT molecular complexity index is 213. The molecule has 0 bridgehead atoms. The van der Waals surface area contributed by atoms with Gasteiger partial charge in [0.05, 0.1) is 12.8 Å². The smallest absolute Gasteiger partial charge is 0.332 e. The average molecular weight is 189 g/mol. The van der Waals surface area contributed by atoms with Gasteiger partial charge < -0.3 is 9.94 Å². The maximum atomic E-state index is 10.7. The van der Waals surface area contributed by atoms with Crippen molar-refractivity contribution in [3.05, 3.63) is 0 Å². The molecule has 13 heavy (non-hydrogen) atoms. The van der Waals surface area contributed by atoms with E-state index in [1.54, 1.807) is 6.92 Å². The summed E-state index contributed by atoms with van der Waals surface area (Å²) in [4.78, 5) is 35.5. The van der Waals surface area contributed by atoms with Gasteiger partial charge in [0.25, 0.3) is 5.91 Å². The number of aliphatic carboxylic acids is 1. The van der Waals surface area contributed by atoms with E-state index in [4.69, 9.17) is 5.11 Å². The number of rotatable bonds is 4. The molecule has 0 heterocycles. The van der Waals surface area contributed by atoms with E-state index in [1.807, 2.05) is 5.48 Å². The maximum absolute atomic E-state index is 10.7. The zero-order valence-electron chi connectivity index (χ0n) is 7.20. The molecule has 0 atom stereocenters. The van der Waals surface area contributed by atoms with Gasteiger partial charge in [0.1, 0.15) is 0 Å². The number of amides is 1. The van der Waals surface area contributed by atoms with Gasteiger partial charge in [-0.15, -0.1) is 0 Å². The molecule has 1 amide bonds. The minimum absolute atomic E-state index is 0.201. The van der Waals surface area contributed by atoms with Crippen LogP contribution in [0.25, 0.3) is 0 Å². The van der Waals surface area contributed by atoms with Crippen LogP contribution in [0.15, 0.2) is 0 Å². The quantitative estimate of drug-likeness (QED) is 0.599. The van der Waals surface area contributed by atoms with E-state index in [9.17, 15) is 14.4 Å². The van der Waals surface area contributed by atoms with E-state index < -0.39 is 17.8 Å². The number of hydroxylamine groups is 1. The van der Waals surface area contributed by atoms with E-state index in [2.05, 4.69) is 4.84 Å². The predicted octanol–water partition coefficient (Wildman–Crippen LogP) is -0.164. The summed E-state index contributed by atoms with van der Waals surface area (Å²) in [5.41, 5.74) is 1.87. The fourth-order valence-electron chi connectivity index (χ4n) is 0.446. The van der Waals surface area contributed by atoms with Crippen molar-refractivity contribution >= 4 is 17.8 Å². The van der Waals surface area contributed by atoms with Crippen LogP contribution in [0.3, 0.4) is 0 Å². The molecule has 0 radical (unpaired) electrons. The summed E-state index contributed by atoms with van der Waals surface area (Å²) >= 11 is 0. The Morgan fingerprint density at radius 2 is 1.92 bits per heavy atom. The number of hydrogen-bond donors (Lipinski definition) is 2. The van der Waals surface area contributed by atoms with Crippen molar-refractivity contribution in [2.45, 2.75) is 26.2 Å². The molecule has 0 saturated carbocycles. The molecule has 6 nitrogen and oxygen atoms in total. The van der Waals surface area contributed by atoms with Crippen LogP contribution in [-0.2, 0) is 19.2 Å². The van der Waals surface area contributed by atoms with Crippen LogP contribution in [0.5, 0.6) is 0 Å². The summed E-state index contributed by atoms with van der Waals surface area (Å²) in [5, 5.41) is 8.19. The number of nitrogens with one attached hydrogen (secondary N) is 1. The van der Waals surface area contributed by atoms with E-state index in [-0.39, 0.29) is 19.3 Å². The highest BCUT2D eigenvalue weighted by atomic mass is 16.7. The predicted molar refractivity (Wildman–Crippen MR) is 41.4 cm³/mol. The van der Waals surface area contributed by atoms with Crippen molar-refractivity contribution in [3.63, 3.8) is 0 Å². The van der Waals surface area contributed by atoms with Gasteiger partial charge in [-0.1, -0.05) is 6.92 Å². The first-order chi connectivity index (χ1) is 6.06. The van der Waals surface area contributed by atoms with Gasteiger partial charge in [-0.25, -0.2) is 4.79 Å². The van der Waals surface area contributed by atoms with Crippen molar-refractivity contribution < 1.29 is 24.3 Å². The van der Waals surface area contributed by atoms with Crippen LogP contribution in [0.4, 0.5) is 0 Å². The highest BCUT2D eigenvalue weighted by molar-refractivity contribution is 5.79. The first-order valence-corrected chi connectivity index (χ1v) is 3.76. The molecule has 2 N–H and O–H groups in total. The molecular weight excluding hydrogens is 178 g/mol. The number of carbonyl (C=O) groups excluding carboxylic acids is 2. The molecule has 0 rings (SSSR count). The van der Waals surface area contributed by atoms with Gasteiger partial charge in [0.2, 0.25) is 0 Å². The van der Waals surface area contributed by atoms with Crippen molar-refractivity contribution in [1.29, 1.82) is 0 Å². The van der Waals surface area contributed by atoms with Crippen LogP contribution in [0, 0.1) is 0 Å². The maximum Gasteiger partial charge on any atom is 0.332 e. The van der Waals surface area contributed by atoms with Gasteiger partial charge in [0, 0.05) is 6.42 Å². The number of carbonyl (C=O) groups is 3. The van der Waals surface area contributed by atoms with E-state index >= 15 is 0 Å². The molecule has 0 unspecified atom stereocenters. The second-order valence-electron chi connectivity index (χ2n) is 2.25. The third-order valence-electron chi connectivity index (χ3n) is 1.14. The molecule has 0 saturated heterocycles. The lowest BCUT2D eigenvalue weighted by atomic mass is 10.3. The summed E-state index contributed by atoms with van der Waals surface area (Å²) in [6.07, 6.45) is -0.355. The molecule has 0 aromatic rings. The van der Waals surface area contributed by atoms with Crippen LogP contribution < -0.4 is 5.48 Å². The Morgan fingerprint density at radius 1 is 1.31 bits per heavy atom. The Balaban J connectivity index is 3.52. The third kappa shape index (κ3) is 6.79. The summed E-state index contributed by atoms with van der Waals surface area (Å²) < 4.78 is 0. The number of carboxylic acids is 1. The molecular formula is C7H11NO5. The summed E-state index contributed by atoms with van der Waals surface area (Å²) in [5.74, 6) is -2.27. The number of hydrogen-bond acceptors (Lipinski definition) is 4. The van der Waals surface area contributed by atoms with Gasteiger partial charge in [-0.2, -0.15) is 5.48 Å². The molecule has 0 aliphatic rings. The molecule has 0 spiro atoms. The van der Waals surface area contributed by atoms with Crippen LogP contribution in [0.2, 0.25) is 0 Å². The number of carboxylic acid groups (broad SMARTS) is 1. The summed E-state index contributed by atoms with van der Waals surface area (Å²) in [6, 6.07) is 0. The highest BCUT2D eigenvalue weighted by Crippen LogP contribution is 1.91. The van der Waals surface area contributed by atoms with E-state index in [0.29, 0.717) is 0 Å². The Kier molecular flexibility index (Phi) is 5.25. The second kappa shape index (κ2) is 5.99. The van der Waals surface area contributed by atoms with Crippen molar-refractivity contribution in [2.24, 2.45) is 0 Å². The van der Waals surface area contributed by atoms with Crippen LogP contribution in [0.1, 0.15) is 26.2 Å². The zero-order chi connectivity index (χ0) is 10.3. The van der Waals surface area contributed by atoms with E-state index in [0.717, 1.165) is 0 Å². The standard InChI is InChI=1S/C7H11NO5/c1-2-5(9)8-13-7(12)4-3-6(10)11/h2-4H2,1H3,(H,8,9)(H,10,11). The third-order valence-corrected chi connectivity index (χ3v) is 1.14.